The largest absolute Gasteiger partial charge is 0.311 e. The van der Waals surface area contributed by atoms with Crippen molar-refractivity contribution in [3.63, 3.8) is 0 Å². The van der Waals surface area contributed by atoms with Crippen molar-refractivity contribution in [2.45, 2.75) is 63.3 Å². The van der Waals surface area contributed by atoms with Gasteiger partial charge >= 0.3 is 0 Å². The van der Waals surface area contributed by atoms with Gasteiger partial charge in [0.15, 0.2) is 0 Å². The molecule has 2 fully saturated rings. The van der Waals surface area contributed by atoms with Crippen LogP contribution in [0, 0.1) is 5.92 Å². The molecule has 1 N–H and O–H groups in total. The van der Waals surface area contributed by atoms with Crippen LogP contribution in [0.3, 0.4) is 0 Å². The average Bonchev–Trinajstić information content (AvgIpc) is 2.51. The third-order valence-electron chi connectivity index (χ3n) is 3.63. The van der Waals surface area contributed by atoms with E-state index in [1.54, 1.807) is 0 Å². The van der Waals surface area contributed by atoms with Gasteiger partial charge in [0.1, 0.15) is 0 Å². The first-order valence-electron chi connectivity index (χ1n) is 6.15. The average molecular weight is 213 g/mol. The molecule has 0 aromatic heterocycles. The fourth-order valence-electron chi connectivity index (χ4n) is 2.85. The van der Waals surface area contributed by atoms with Gasteiger partial charge < -0.3 is 5.32 Å². The van der Waals surface area contributed by atoms with Crippen LogP contribution in [-0.4, -0.2) is 23.1 Å². The second-order valence-electron chi connectivity index (χ2n) is 5.03. The van der Waals surface area contributed by atoms with Crippen LogP contribution in [0.2, 0.25) is 0 Å². The molecule has 2 aliphatic carbocycles. The Labute approximate surface area is 92.4 Å². The molecule has 0 bridgehead atoms. The quantitative estimate of drug-likeness (QED) is 0.770. The molecule has 2 atom stereocenters. The predicted octanol–water partition coefficient (Wildman–Crippen LogP) is 3.05. The van der Waals surface area contributed by atoms with E-state index in [0.29, 0.717) is 0 Å². The molecule has 2 rings (SSSR count). The highest BCUT2D eigenvalue weighted by molar-refractivity contribution is 7.99. The second kappa shape index (κ2) is 4.89. The van der Waals surface area contributed by atoms with Crippen LogP contribution in [-0.2, 0) is 0 Å². The molecule has 82 valence electrons. The second-order valence-corrected chi connectivity index (χ2v) is 6.60. The molecule has 0 aliphatic heterocycles. The van der Waals surface area contributed by atoms with Crippen molar-refractivity contribution < 1.29 is 0 Å². The molecule has 14 heavy (non-hydrogen) atoms. The SMILES string of the molecule is CCSC1CCC(NC2CC(C)C2)C1. The summed E-state index contributed by atoms with van der Waals surface area (Å²) in [6.07, 6.45) is 7.12. The van der Waals surface area contributed by atoms with Crippen molar-refractivity contribution in [2.24, 2.45) is 5.92 Å². The van der Waals surface area contributed by atoms with Crippen molar-refractivity contribution in [1.82, 2.24) is 5.32 Å². The molecular formula is C12H23NS. The first kappa shape index (κ1) is 10.8. The van der Waals surface area contributed by atoms with Gasteiger partial charge in [0.25, 0.3) is 0 Å². The van der Waals surface area contributed by atoms with Crippen molar-refractivity contribution in [3.8, 4) is 0 Å². The van der Waals surface area contributed by atoms with E-state index in [0.717, 1.165) is 23.3 Å². The van der Waals surface area contributed by atoms with Gasteiger partial charge in [-0.2, -0.15) is 11.8 Å². The minimum atomic E-state index is 0.844. The first-order chi connectivity index (χ1) is 6.78. The maximum absolute atomic E-state index is 3.82. The molecule has 0 aromatic carbocycles. The van der Waals surface area contributed by atoms with Gasteiger partial charge in [-0.15, -0.1) is 0 Å². The molecule has 2 aliphatic rings. The number of rotatable bonds is 4. The van der Waals surface area contributed by atoms with Crippen LogP contribution in [0.4, 0.5) is 0 Å². The van der Waals surface area contributed by atoms with Gasteiger partial charge in [0.2, 0.25) is 0 Å². The van der Waals surface area contributed by atoms with Gasteiger partial charge in [0, 0.05) is 17.3 Å². The fraction of sp³-hybridized carbons (Fsp3) is 1.00. The van der Waals surface area contributed by atoms with Crippen LogP contribution in [0.1, 0.15) is 46.0 Å². The van der Waals surface area contributed by atoms with Crippen LogP contribution in [0.25, 0.3) is 0 Å². The number of thioether (sulfide) groups is 1. The van der Waals surface area contributed by atoms with Crippen molar-refractivity contribution in [3.05, 3.63) is 0 Å². The normalized spacial score (nSPS) is 42.4. The molecule has 0 radical (unpaired) electrons. The molecule has 0 amide bonds. The van der Waals surface area contributed by atoms with E-state index in [-0.39, 0.29) is 0 Å². The summed E-state index contributed by atoms with van der Waals surface area (Å²) in [5, 5.41) is 4.77. The number of hydrogen-bond acceptors (Lipinski definition) is 2. The minimum Gasteiger partial charge on any atom is -0.311 e. The van der Waals surface area contributed by atoms with E-state index < -0.39 is 0 Å². The van der Waals surface area contributed by atoms with Gasteiger partial charge in [0.05, 0.1) is 0 Å². The third kappa shape index (κ3) is 2.66. The van der Waals surface area contributed by atoms with Crippen molar-refractivity contribution in [2.75, 3.05) is 5.75 Å². The Morgan fingerprint density at radius 3 is 2.57 bits per heavy atom. The highest BCUT2D eigenvalue weighted by Crippen LogP contribution is 2.33. The summed E-state index contributed by atoms with van der Waals surface area (Å²) in [6.45, 7) is 4.64. The lowest BCUT2D eigenvalue weighted by molar-refractivity contribution is 0.222. The summed E-state index contributed by atoms with van der Waals surface area (Å²) in [5.41, 5.74) is 0. The monoisotopic (exact) mass is 213 g/mol. The summed E-state index contributed by atoms with van der Waals surface area (Å²) in [5.74, 6) is 2.27. The van der Waals surface area contributed by atoms with E-state index in [4.69, 9.17) is 0 Å². The zero-order chi connectivity index (χ0) is 9.97. The Balaban J connectivity index is 1.63. The van der Waals surface area contributed by atoms with E-state index in [9.17, 15) is 0 Å². The Hall–Kier alpha value is 0.310. The fourth-order valence-corrected chi connectivity index (χ4v) is 3.99. The van der Waals surface area contributed by atoms with E-state index in [2.05, 4.69) is 30.9 Å². The standard InChI is InChI=1S/C12H23NS/c1-3-14-12-5-4-10(8-12)13-11-6-9(2)7-11/h9-13H,3-8H2,1-2H3. The molecule has 2 unspecified atom stereocenters. The molecule has 0 heterocycles. The summed E-state index contributed by atoms with van der Waals surface area (Å²) in [4.78, 5) is 0. The zero-order valence-corrected chi connectivity index (χ0v) is 10.3. The lowest BCUT2D eigenvalue weighted by Gasteiger charge is -2.35. The lowest BCUT2D eigenvalue weighted by atomic mass is 9.81. The Bertz CT molecular complexity index is 177. The summed E-state index contributed by atoms with van der Waals surface area (Å²) in [6, 6.07) is 1.71. The van der Waals surface area contributed by atoms with Crippen LogP contribution < -0.4 is 5.32 Å². The van der Waals surface area contributed by atoms with E-state index in [1.165, 1.54) is 37.9 Å². The maximum Gasteiger partial charge on any atom is 0.00805 e. The Morgan fingerprint density at radius 2 is 1.93 bits per heavy atom. The number of nitrogens with one attached hydrogen (secondary N) is 1. The van der Waals surface area contributed by atoms with Crippen LogP contribution >= 0.6 is 11.8 Å². The van der Waals surface area contributed by atoms with E-state index >= 15 is 0 Å². The molecule has 0 saturated heterocycles. The van der Waals surface area contributed by atoms with Gasteiger partial charge in [-0.25, -0.2) is 0 Å². The Kier molecular flexibility index (Phi) is 3.78. The zero-order valence-electron chi connectivity index (χ0n) is 9.46. The molecule has 1 nitrogen and oxygen atoms in total. The molecule has 2 heteroatoms. The number of hydrogen-bond donors (Lipinski definition) is 1. The first-order valence-corrected chi connectivity index (χ1v) is 7.20. The molecule has 0 aromatic rings. The minimum absolute atomic E-state index is 0.844. The molecule has 0 spiro atoms. The highest BCUT2D eigenvalue weighted by atomic mass is 32.2. The van der Waals surface area contributed by atoms with E-state index in [1.807, 2.05) is 0 Å². The smallest absolute Gasteiger partial charge is 0.00805 e. The molecule has 2 saturated carbocycles. The highest BCUT2D eigenvalue weighted by Gasteiger charge is 2.30. The summed E-state index contributed by atoms with van der Waals surface area (Å²) < 4.78 is 0. The van der Waals surface area contributed by atoms with Crippen molar-refractivity contribution >= 4 is 11.8 Å². The van der Waals surface area contributed by atoms with Crippen molar-refractivity contribution in [1.29, 1.82) is 0 Å². The Morgan fingerprint density at radius 1 is 1.14 bits per heavy atom. The van der Waals surface area contributed by atoms with Crippen LogP contribution in [0.5, 0.6) is 0 Å². The topological polar surface area (TPSA) is 12.0 Å². The van der Waals surface area contributed by atoms with Gasteiger partial charge in [-0.05, 0) is 43.8 Å². The van der Waals surface area contributed by atoms with Crippen LogP contribution in [0.15, 0.2) is 0 Å². The lowest BCUT2D eigenvalue weighted by Crippen LogP contribution is -2.44. The maximum atomic E-state index is 3.82. The van der Waals surface area contributed by atoms with Gasteiger partial charge in [-0.1, -0.05) is 13.8 Å². The summed E-state index contributed by atoms with van der Waals surface area (Å²) >= 11 is 2.16. The van der Waals surface area contributed by atoms with Gasteiger partial charge in [-0.3, -0.25) is 0 Å². The third-order valence-corrected chi connectivity index (χ3v) is 4.86. The summed E-state index contributed by atoms with van der Waals surface area (Å²) in [7, 11) is 0. The molecular weight excluding hydrogens is 190 g/mol. The predicted molar refractivity (Wildman–Crippen MR) is 64.9 cm³/mol.